The Morgan fingerprint density at radius 1 is 0.929 bits per heavy atom. The van der Waals surface area contributed by atoms with Gasteiger partial charge in [-0.15, -0.1) is 0 Å². The Kier molecular flexibility index (Phi) is 8.48. The van der Waals surface area contributed by atoms with Crippen molar-refractivity contribution in [2.24, 2.45) is 0 Å². The Labute approximate surface area is 171 Å². The third-order valence-electron chi connectivity index (χ3n) is 3.66. The number of para-hydroxylation sites is 2. The molecule has 28 heavy (non-hydrogen) atoms. The summed E-state index contributed by atoms with van der Waals surface area (Å²) in [6.45, 7) is -0.373. The third kappa shape index (κ3) is 7.40. The van der Waals surface area contributed by atoms with Crippen molar-refractivity contribution in [1.82, 2.24) is 0 Å². The Balaban J connectivity index is 1.64. The molecule has 0 spiro atoms. The smallest absolute Gasteiger partial charge is 0.306 e. The zero-order valence-corrected chi connectivity index (χ0v) is 17.0. The van der Waals surface area contributed by atoms with Crippen molar-refractivity contribution in [3.63, 3.8) is 0 Å². The van der Waals surface area contributed by atoms with E-state index in [0.29, 0.717) is 23.5 Å². The lowest BCUT2D eigenvalue weighted by Crippen LogP contribution is -2.21. The molecule has 148 valence electrons. The molecular formula is C20H21BrN2O5. The highest BCUT2D eigenvalue weighted by Gasteiger charge is 2.11. The van der Waals surface area contributed by atoms with E-state index in [2.05, 4.69) is 26.6 Å². The van der Waals surface area contributed by atoms with Crippen LogP contribution in [0.3, 0.4) is 0 Å². The van der Waals surface area contributed by atoms with E-state index in [1.165, 1.54) is 7.11 Å². The Hall–Kier alpha value is -2.87. The summed E-state index contributed by atoms with van der Waals surface area (Å²) in [5.41, 5.74) is 1.18. The highest BCUT2D eigenvalue weighted by Crippen LogP contribution is 2.23. The fourth-order valence-corrected chi connectivity index (χ4v) is 2.57. The van der Waals surface area contributed by atoms with Crippen molar-refractivity contribution in [1.29, 1.82) is 0 Å². The SMILES string of the molecule is COc1ccccc1NC(=O)CCCC(=O)OCC(=O)Nc1ccc(Br)cc1. The number of amides is 2. The first-order valence-corrected chi connectivity index (χ1v) is 9.41. The van der Waals surface area contributed by atoms with Crippen LogP contribution in [-0.2, 0) is 19.1 Å². The monoisotopic (exact) mass is 448 g/mol. The van der Waals surface area contributed by atoms with Crippen molar-refractivity contribution in [3.8, 4) is 5.75 Å². The summed E-state index contributed by atoms with van der Waals surface area (Å²) in [6, 6.07) is 14.1. The van der Waals surface area contributed by atoms with Gasteiger partial charge >= 0.3 is 5.97 Å². The summed E-state index contributed by atoms with van der Waals surface area (Å²) in [4.78, 5) is 35.5. The lowest BCUT2D eigenvalue weighted by Gasteiger charge is -2.09. The topological polar surface area (TPSA) is 93.7 Å². The minimum absolute atomic E-state index is 0.0465. The van der Waals surface area contributed by atoms with Gasteiger partial charge in [0.1, 0.15) is 5.75 Å². The molecule has 7 nitrogen and oxygen atoms in total. The number of hydrogen-bond acceptors (Lipinski definition) is 5. The molecule has 2 rings (SSSR count). The quantitative estimate of drug-likeness (QED) is 0.569. The van der Waals surface area contributed by atoms with E-state index in [4.69, 9.17) is 9.47 Å². The number of nitrogens with one attached hydrogen (secondary N) is 2. The summed E-state index contributed by atoms with van der Waals surface area (Å²) < 4.78 is 11.0. The molecule has 0 aliphatic carbocycles. The number of methoxy groups -OCH3 is 1. The van der Waals surface area contributed by atoms with Gasteiger partial charge in [-0.3, -0.25) is 14.4 Å². The van der Waals surface area contributed by atoms with Crippen LogP contribution in [0, 0.1) is 0 Å². The zero-order valence-electron chi connectivity index (χ0n) is 15.4. The molecule has 0 aliphatic heterocycles. The summed E-state index contributed by atoms with van der Waals surface area (Å²) in [6.07, 6.45) is 0.511. The van der Waals surface area contributed by atoms with E-state index < -0.39 is 11.9 Å². The minimum atomic E-state index is -0.531. The molecule has 2 aromatic carbocycles. The first kappa shape index (κ1) is 21.4. The molecule has 8 heteroatoms. The first-order chi connectivity index (χ1) is 13.5. The van der Waals surface area contributed by atoms with E-state index in [-0.39, 0.29) is 25.4 Å². The predicted octanol–water partition coefficient (Wildman–Crippen LogP) is 3.75. The fourth-order valence-electron chi connectivity index (χ4n) is 2.30. The Bertz CT molecular complexity index is 824. The Morgan fingerprint density at radius 3 is 2.36 bits per heavy atom. The molecule has 2 N–H and O–H groups in total. The number of ether oxygens (including phenoxy) is 2. The lowest BCUT2D eigenvalue weighted by atomic mass is 10.2. The van der Waals surface area contributed by atoms with Gasteiger partial charge in [0.05, 0.1) is 12.8 Å². The van der Waals surface area contributed by atoms with Gasteiger partial charge < -0.3 is 20.1 Å². The number of rotatable bonds is 9. The summed E-state index contributed by atoms with van der Waals surface area (Å²) in [7, 11) is 1.52. The van der Waals surface area contributed by atoms with Gasteiger partial charge in [-0.05, 0) is 42.8 Å². The molecular weight excluding hydrogens is 428 g/mol. The van der Waals surface area contributed by atoms with Gasteiger partial charge in [0, 0.05) is 23.0 Å². The van der Waals surface area contributed by atoms with Crippen LogP contribution in [0.1, 0.15) is 19.3 Å². The number of halogens is 1. The maximum absolute atomic E-state index is 12.0. The van der Waals surface area contributed by atoms with E-state index in [1.54, 1.807) is 48.5 Å². The standard InChI is InChI=1S/C20H21BrN2O5/c1-27-17-6-3-2-5-16(17)23-18(24)7-4-8-20(26)28-13-19(25)22-15-11-9-14(21)10-12-15/h2-3,5-6,9-12H,4,7-8,13H2,1H3,(H,22,25)(H,23,24). The maximum Gasteiger partial charge on any atom is 0.306 e. The molecule has 2 amide bonds. The van der Waals surface area contributed by atoms with E-state index in [0.717, 1.165) is 4.47 Å². The molecule has 0 aliphatic rings. The molecule has 0 bridgehead atoms. The van der Waals surface area contributed by atoms with E-state index in [1.807, 2.05) is 0 Å². The van der Waals surface area contributed by atoms with Crippen LogP contribution in [0.5, 0.6) is 5.75 Å². The number of esters is 1. The lowest BCUT2D eigenvalue weighted by molar-refractivity contribution is -0.147. The molecule has 0 saturated carbocycles. The highest BCUT2D eigenvalue weighted by molar-refractivity contribution is 9.10. The molecule has 0 atom stereocenters. The van der Waals surface area contributed by atoms with Crippen LogP contribution in [-0.4, -0.2) is 31.5 Å². The van der Waals surface area contributed by atoms with Crippen LogP contribution in [0.15, 0.2) is 53.0 Å². The summed E-state index contributed by atoms with van der Waals surface area (Å²) >= 11 is 3.30. The van der Waals surface area contributed by atoms with Crippen molar-refractivity contribution < 1.29 is 23.9 Å². The van der Waals surface area contributed by atoms with Gasteiger partial charge in [-0.1, -0.05) is 28.1 Å². The number of carbonyl (C=O) groups is 3. The molecule has 2 aromatic rings. The molecule has 0 fully saturated rings. The van der Waals surface area contributed by atoms with Crippen molar-refractivity contribution >= 4 is 45.1 Å². The van der Waals surface area contributed by atoms with E-state index >= 15 is 0 Å². The molecule has 0 radical (unpaired) electrons. The van der Waals surface area contributed by atoms with Gasteiger partial charge in [0.15, 0.2) is 6.61 Å². The normalized spacial score (nSPS) is 10.1. The fraction of sp³-hybridized carbons (Fsp3) is 0.250. The van der Waals surface area contributed by atoms with Gasteiger partial charge in [-0.25, -0.2) is 0 Å². The van der Waals surface area contributed by atoms with Gasteiger partial charge in [-0.2, -0.15) is 0 Å². The van der Waals surface area contributed by atoms with Gasteiger partial charge in [0.2, 0.25) is 5.91 Å². The van der Waals surface area contributed by atoms with Crippen LogP contribution in [0.4, 0.5) is 11.4 Å². The first-order valence-electron chi connectivity index (χ1n) is 8.62. The number of anilines is 2. The average Bonchev–Trinajstić information content (AvgIpc) is 2.68. The van der Waals surface area contributed by atoms with Crippen LogP contribution < -0.4 is 15.4 Å². The number of hydrogen-bond donors (Lipinski definition) is 2. The van der Waals surface area contributed by atoms with E-state index in [9.17, 15) is 14.4 Å². The zero-order chi connectivity index (χ0) is 20.4. The number of benzene rings is 2. The number of carbonyl (C=O) groups excluding carboxylic acids is 3. The summed E-state index contributed by atoms with van der Waals surface area (Å²) in [5, 5.41) is 5.36. The molecule has 0 aromatic heterocycles. The minimum Gasteiger partial charge on any atom is -0.495 e. The van der Waals surface area contributed by atoms with Crippen LogP contribution in [0.25, 0.3) is 0 Å². The van der Waals surface area contributed by atoms with Crippen LogP contribution >= 0.6 is 15.9 Å². The predicted molar refractivity (Wildman–Crippen MR) is 109 cm³/mol. The molecule has 0 unspecified atom stereocenters. The highest BCUT2D eigenvalue weighted by atomic mass is 79.9. The third-order valence-corrected chi connectivity index (χ3v) is 4.19. The van der Waals surface area contributed by atoms with Crippen molar-refractivity contribution in [3.05, 3.63) is 53.0 Å². The molecule has 0 saturated heterocycles. The maximum atomic E-state index is 12.0. The van der Waals surface area contributed by atoms with Crippen LogP contribution in [0.2, 0.25) is 0 Å². The van der Waals surface area contributed by atoms with Gasteiger partial charge in [0.25, 0.3) is 5.91 Å². The largest absolute Gasteiger partial charge is 0.495 e. The molecule has 0 heterocycles. The Morgan fingerprint density at radius 2 is 1.64 bits per heavy atom. The second-order valence-corrected chi connectivity index (χ2v) is 6.73. The second kappa shape index (κ2) is 11.1. The average molecular weight is 449 g/mol. The summed E-state index contributed by atoms with van der Waals surface area (Å²) in [5.74, 6) is -0.627. The van der Waals surface area contributed by atoms with Crippen molar-refractivity contribution in [2.45, 2.75) is 19.3 Å². The second-order valence-electron chi connectivity index (χ2n) is 5.82. The van der Waals surface area contributed by atoms with Crippen molar-refractivity contribution in [2.75, 3.05) is 24.4 Å².